The molecule has 0 saturated heterocycles. The average molecular weight is 361 g/mol. The summed E-state index contributed by atoms with van der Waals surface area (Å²) >= 11 is 1.31. The van der Waals surface area contributed by atoms with Crippen LogP contribution < -0.4 is 5.56 Å². The smallest absolute Gasteiger partial charge is 0.343 e. The number of ether oxygens (including phenoxy) is 1. The van der Waals surface area contributed by atoms with Gasteiger partial charge in [0, 0.05) is 11.4 Å². The molecule has 3 heterocycles. The molecule has 0 aromatic carbocycles. The average Bonchev–Trinajstić information content (AvgIpc) is 3.27. The molecule has 0 radical (unpaired) electrons. The summed E-state index contributed by atoms with van der Waals surface area (Å²) in [5, 5.41) is 13.4. The molecular formula is C15H11N3O6S. The maximum atomic E-state index is 12.4. The monoisotopic (exact) mass is 361 g/mol. The second-order valence-electron chi connectivity index (χ2n) is 4.92. The Hall–Kier alpha value is -3.27. The molecule has 0 aliphatic rings. The second kappa shape index (κ2) is 6.69. The van der Waals surface area contributed by atoms with Crippen molar-refractivity contribution in [3.05, 3.63) is 67.8 Å². The zero-order valence-corrected chi connectivity index (χ0v) is 13.7. The molecule has 0 bridgehead atoms. The van der Waals surface area contributed by atoms with Crippen molar-refractivity contribution in [3.63, 3.8) is 0 Å². The normalized spacial score (nSPS) is 10.6. The van der Waals surface area contributed by atoms with Crippen molar-refractivity contribution >= 4 is 23.0 Å². The lowest BCUT2D eigenvalue weighted by atomic mass is 10.2. The summed E-state index contributed by atoms with van der Waals surface area (Å²) in [6, 6.07) is 4.38. The van der Waals surface area contributed by atoms with E-state index < -0.39 is 22.0 Å². The summed E-state index contributed by atoms with van der Waals surface area (Å²) in [6.45, 7) is -0.0261. The van der Waals surface area contributed by atoms with Crippen molar-refractivity contribution in [1.29, 1.82) is 0 Å². The van der Waals surface area contributed by atoms with Gasteiger partial charge in [-0.25, -0.2) is 9.78 Å². The Morgan fingerprint density at radius 1 is 1.52 bits per heavy atom. The van der Waals surface area contributed by atoms with Gasteiger partial charge < -0.3 is 13.7 Å². The van der Waals surface area contributed by atoms with Crippen LogP contribution in [0.4, 0.5) is 5.69 Å². The summed E-state index contributed by atoms with van der Waals surface area (Å²) in [5.41, 5.74) is -0.973. The molecule has 9 nitrogen and oxygen atoms in total. The molecule has 0 N–H and O–H groups in total. The number of nitro groups is 1. The third-order valence-electron chi connectivity index (χ3n) is 3.30. The van der Waals surface area contributed by atoms with E-state index in [1.165, 1.54) is 17.6 Å². The number of aromatic nitrogens is 2. The van der Waals surface area contributed by atoms with Crippen molar-refractivity contribution in [3.8, 4) is 10.8 Å². The molecular weight excluding hydrogens is 350 g/mol. The van der Waals surface area contributed by atoms with Crippen LogP contribution in [0.25, 0.3) is 10.8 Å². The Morgan fingerprint density at radius 2 is 2.32 bits per heavy atom. The first-order valence-electron chi connectivity index (χ1n) is 6.95. The quantitative estimate of drug-likeness (QED) is 0.389. The van der Waals surface area contributed by atoms with Crippen LogP contribution in [-0.4, -0.2) is 27.6 Å². The predicted octanol–water partition coefficient (Wildman–Crippen LogP) is 2.31. The van der Waals surface area contributed by atoms with E-state index in [2.05, 4.69) is 9.72 Å². The van der Waals surface area contributed by atoms with Crippen LogP contribution in [0, 0.1) is 10.1 Å². The summed E-state index contributed by atoms with van der Waals surface area (Å²) in [5.74, 6) is -0.352. The SMILES string of the molecule is COC(=O)c1cc([N+](=O)[O-])cn(Cc2csc(-c3ccco3)n2)c1=O. The van der Waals surface area contributed by atoms with Crippen molar-refractivity contribution < 1.29 is 18.9 Å². The molecule has 0 aliphatic heterocycles. The van der Waals surface area contributed by atoms with Gasteiger partial charge in [-0.1, -0.05) is 0 Å². The largest absolute Gasteiger partial charge is 0.465 e. The fourth-order valence-electron chi connectivity index (χ4n) is 2.16. The van der Waals surface area contributed by atoms with Gasteiger partial charge in [-0.3, -0.25) is 14.9 Å². The van der Waals surface area contributed by atoms with E-state index in [-0.39, 0.29) is 12.2 Å². The molecule has 0 fully saturated rings. The first-order valence-corrected chi connectivity index (χ1v) is 7.83. The van der Waals surface area contributed by atoms with Crippen LogP contribution in [0.1, 0.15) is 16.1 Å². The van der Waals surface area contributed by atoms with Gasteiger partial charge in [0.05, 0.1) is 36.7 Å². The maximum absolute atomic E-state index is 12.4. The Kier molecular flexibility index (Phi) is 4.44. The van der Waals surface area contributed by atoms with Gasteiger partial charge in [-0.05, 0) is 12.1 Å². The highest BCUT2D eigenvalue weighted by Crippen LogP contribution is 2.24. The minimum atomic E-state index is -0.933. The van der Waals surface area contributed by atoms with Crippen molar-refractivity contribution in [2.24, 2.45) is 0 Å². The molecule has 3 rings (SSSR count). The highest BCUT2D eigenvalue weighted by atomic mass is 32.1. The lowest BCUT2D eigenvalue weighted by Gasteiger charge is -2.06. The predicted molar refractivity (Wildman–Crippen MR) is 87.6 cm³/mol. The highest BCUT2D eigenvalue weighted by molar-refractivity contribution is 7.13. The lowest BCUT2D eigenvalue weighted by molar-refractivity contribution is -0.385. The summed E-state index contributed by atoms with van der Waals surface area (Å²) in [7, 11) is 1.10. The van der Waals surface area contributed by atoms with E-state index in [4.69, 9.17) is 4.42 Å². The standard InChI is InChI=1S/C15H11N3O6S/c1-23-15(20)11-5-10(18(21)22)7-17(14(11)19)6-9-8-25-13(16-9)12-3-2-4-24-12/h2-5,7-8H,6H2,1H3. The summed E-state index contributed by atoms with van der Waals surface area (Å²) in [4.78, 5) is 38.8. The third-order valence-corrected chi connectivity index (χ3v) is 4.21. The van der Waals surface area contributed by atoms with E-state index in [1.54, 1.807) is 17.5 Å². The van der Waals surface area contributed by atoms with Gasteiger partial charge in [0.25, 0.3) is 11.2 Å². The molecule has 0 spiro atoms. The third kappa shape index (κ3) is 3.33. The molecule has 3 aromatic heterocycles. The van der Waals surface area contributed by atoms with E-state index in [1.807, 2.05) is 0 Å². The van der Waals surface area contributed by atoms with Crippen LogP contribution >= 0.6 is 11.3 Å². The van der Waals surface area contributed by atoms with E-state index in [9.17, 15) is 19.7 Å². The Morgan fingerprint density at radius 3 is 2.96 bits per heavy atom. The Balaban J connectivity index is 1.99. The minimum absolute atomic E-state index is 0.0261. The molecule has 0 amide bonds. The van der Waals surface area contributed by atoms with E-state index in [0.717, 1.165) is 23.9 Å². The van der Waals surface area contributed by atoms with Gasteiger partial charge in [-0.2, -0.15) is 0 Å². The number of thiazole rings is 1. The van der Waals surface area contributed by atoms with Gasteiger partial charge in [0.15, 0.2) is 10.8 Å². The molecule has 128 valence electrons. The number of rotatable bonds is 5. The maximum Gasteiger partial charge on any atom is 0.343 e. The number of carbonyl (C=O) groups excluding carboxylic acids is 1. The van der Waals surface area contributed by atoms with Crippen LogP contribution in [-0.2, 0) is 11.3 Å². The van der Waals surface area contributed by atoms with Crippen LogP contribution in [0.3, 0.4) is 0 Å². The minimum Gasteiger partial charge on any atom is -0.465 e. The zero-order valence-electron chi connectivity index (χ0n) is 12.9. The summed E-state index contributed by atoms with van der Waals surface area (Å²) in [6.07, 6.45) is 2.59. The molecule has 0 aliphatic carbocycles. The van der Waals surface area contributed by atoms with Gasteiger partial charge in [0.1, 0.15) is 5.56 Å². The van der Waals surface area contributed by atoms with E-state index >= 15 is 0 Å². The number of hydrogen-bond donors (Lipinski definition) is 0. The van der Waals surface area contributed by atoms with Gasteiger partial charge in [0.2, 0.25) is 0 Å². The van der Waals surface area contributed by atoms with Crippen LogP contribution in [0.2, 0.25) is 0 Å². The number of methoxy groups -OCH3 is 1. The molecule has 25 heavy (non-hydrogen) atoms. The van der Waals surface area contributed by atoms with Crippen molar-refractivity contribution in [2.75, 3.05) is 7.11 Å². The fraction of sp³-hybridized carbons (Fsp3) is 0.133. The number of hydrogen-bond acceptors (Lipinski definition) is 8. The first kappa shape index (κ1) is 16.6. The molecule has 10 heteroatoms. The summed E-state index contributed by atoms with van der Waals surface area (Å²) < 4.78 is 10.8. The lowest BCUT2D eigenvalue weighted by Crippen LogP contribution is -2.27. The molecule has 0 atom stereocenters. The first-order chi connectivity index (χ1) is 12.0. The highest BCUT2D eigenvalue weighted by Gasteiger charge is 2.20. The van der Waals surface area contributed by atoms with Gasteiger partial charge >= 0.3 is 5.97 Å². The van der Waals surface area contributed by atoms with E-state index in [0.29, 0.717) is 16.5 Å². The van der Waals surface area contributed by atoms with Crippen LogP contribution in [0.5, 0.6) is 0 Å². The fourth-order valence-corrected chi connectivity index (χ4v) is 2.94. The number of carbonyl (C=O) groups is 1. The Bertz CT molecular complexity index is 989. The van der Waals surface area contributed by atoms with Crippen LogP contribution in [0.15, 0.2) is 45.3 Å². The molecule has 3 aromatic rings. The number of furan rings is 1. The van der Waals surface area contributed by atoms with Gasteiger partial charge in [-0.15, -0.1) is 11.3 Å². The second-order valence-corrected chi connectivity index (χ2v) is 5.77. The Labute approximate surface area is 144 Å². The topological polar surface area (TPSA) is 117 Å². The van der Waals surface area contributed by atoms with Crippen molar-refractivity contribution in [2.45, 2.75) is 6.54 Å². The number of nitrogens with zero attached hydrogens (tertiary/aromatic N) is 3. The molecule has 0 unspecified atom stereocenters. The molecule has 0 saturated carbocycles. The number of esters is 1. The number of pyridine rings is 1. The van der Waals surface area contributed by atoms with Crippen molar-refractivity contribution in [1.82, 2.24) is 9.55 Å². The zero-order chi connectivity index (χ0) is 18.0.